The molecule has 0 spiro atoms. The van der Waals surface area contributed by atoms with Crippen LogP contribution in [0.25, 0.3) is 0 Å². The highest BCUT2D eigenvalue weighted by molar-refractivity contribution is 6.01. The van der Waals surface area contributed by atoms with E-state index in [-0.39, 0.29) is 22.9 Å². The SMILES string of the molecule is C=C/C(=C\C=C/C(C)C(=O)c1ccc(OC)cc1O)C(C)=O. The van der Waals surface area contributed by atoms with Crippen LogP contribution in [0.15, 0.2) is 54.7 Å². The van der Waals surface area contributed by atoms with Crippen LogP contribution >= 0.6 is 0 Å². The van der Waals surface area contributed by atoms with E-state index in [0.29, 0.717) is 11.3 Å². The monoisotopic (exact) mass is 300 g/mol. The maximum atomic E-state index is 12.3. The second kappa shape index (κ2) is 7.98. The smallest absolute Gasteiger partial charge is 0.173 e. The molecule has 0 saturated carbocycles. The number of ether oxygens (including phenoxy) is 1. The number of hydrogen-bond acceptors (Lipinski definition) is 4. The average Bonchev–Trinajstić information content (AvgIpc) is 2.50. The van der Waals surface area contributed by atoms with Gasteiger partial charge in [-0.05, 0) is 19.1 Å². The van der Waals surface area contributed by atoms with Gasteiger partial charge in [0.2, 0.25) is 0 Å². The largest absolute Gasteiger partial charge is 0.507 e. The van der Waals surface area contributed by atoms with Gasteiger partial charge in [0.25, 0.3) is 0 Å². The van der Waals surface area contributed by atoms with E-state index >= 15 is 0 Å². The van der Waals surface area contributed by atoms with E-state index in [2.05, 4.69) is 6.58 Å². The zero-order valence-corrected chi connectivity index (χ0v) is 13.0. The lowest BCUT2D eigenvalue weighted by Crippen LogP contribution is -2.09. The molecular formula is C18H20O4. The summed E-state index contributed by atoms with van der Waals surface area (Å²) in [5.74, 6) is -0.374. The molecule has 0 aromatic heterocycles. The van der Waals surface area contributed by atoms with E-state index in [9.17, 15) is 14.7 Å². The van der Waals surface area contributed by atoms with Gasteiger partial charge in [0.05, 0.1) is 12.7 Å². The van der Waals surface area contributed by atoms with Gasteiger partial charge in [-0.1, -0.05) is 37.8 Å². The number of carbonyl (C=O) groups excluding carboxylic acids is 2. The second-order valence-corrected chi connectivity index (χ2v) is 4.80. The Morgan fingerprint density at radius 1 is 1.36 bits per heavy atom. The Labute approximate surface area is 130 Å². The van der Waals surface area contributed by atoms with E-state index in [1.54, 1.807) is 31.2 Å². The number of benzene rings is 1. The van der Waals surface area contributed by atoms with Crippen LogP contribution in [0.3, 0.4) is 0 Å². The number of allylic oxidation sites excluding steroid dienone is 5. The molecule has 1 N–H and O–H groups in total. The van der Waals surface area contributed by atoms with Crippen LogP contribution in [0.5, 0.6) is 11.5 Å². The van der Waals surface area contributed by atoms with Crippen molar-refractivity contribution in [1.82, 2.24) is 0 Å². The summed E-state index contributed by atoms with van der Waals surface area (Å²) in [6.45, 7) is 6.73. The number of carbonyl (C=O) groups is 2. The van der Waals surface area contributed by atoms with Crippen LogP contribution in [0.2, 0.25) is 0 Å². The fourth-order valence-electron chi connectivity index (χ4n) is 1.83. The molecule has 0 fully saturated rings. The summed E-state index contributed by atoms with van der Waals surface area (Å²) in [5.41, 5.74) is 0.709. The van der Waals surface area contributed by atoms with Gasteiger partial charge in [0, 0.05) is 17.6 Å². The molecule has 0 amide bonds. The maximum Gasteiger partial charge on any atom is 0.173 e. The molecule has 0 aliphatic carbocycles. The first-order chi connectivity index (χ1) is 10.4. The third-order valence-electron chi connectivity index (χ3n) is 3.19. The molecule has 0 saturated heterocycles. The lowest BCUT2D eigenvalue weighted by Gasteiger charge is -2.08. The van der Waals surface area contributed by atoms with Gasteiger partial charge in [0.15, 0.2) is 11.6 Å². The highest BCUT2D eigenvalue weighted by Crippen LogP contribution is 2.25. The summed E-state index contributed by atoms with van der Waals surface area (Å²) in [6, 6.07) is 4.55. The summed E-state index contributed by atoms with van der Waals surface area (Å²) >= 11 is 0. The van der Waals surface area contributed by atoms with Crippen molar-refractivity contribution in [3.63, 3.8) is 0 Å². The number of Topliss-reactive ketones (excluding diaryl/α,β-unsaturated/α-hetero) is 2. The summed E-state index contributed by atoms with van der Waals surface area (Å²) in [7, 11) is 1.49. The topological polar surface area (TPSA) is 63.6 Å². The number of hydrogen-bond donors (Lipinski definition) is 1. The predicted octanol–water partition coefficient (Wildman–Crippen LogP) is 3.48. The Morgan fingerprint density at radius 2 is 2.05 bits per heavy atom. The first-order valence-corrected chi connectivity index (χ1v) is 6.83. The lowest BCUT2D eigenvalue weighted by atomic mass is 9.97. The Kier molecular flexibility index (Phi) is 6.32. The lowest BCUT2D eigenvalue weighted by molar-refractivity contribution is -0.113. The quantitative estimate of drug-likeness (QED) is 0.476. The Balaban J connectivity index is 2.90. The van der Waals surface area contributed by atoms with Gasteiger partial charge >= 0.3 is 0 Å². The number of phenolic OH excluding ortho intramolecular Hbond substituents is 1. The van der Waals surface area contributed by atoms with Gasteiger partial charge < -0.3 is 9.84 Å². The van der Waals surface area contributed by atoms with E-state index in [0.717, 1.165) is 0 Å². The minimum Gasteiger partial charge on any atom is -0.507 e. The van der Waals surface area contributed by atoms with Crippen LogP contribution in [-0.2, 0) is 4.79 Å². The number of rotatable bonds is 7. The fourth-order valence-corrected chi connectivity index (χ4v) is 1.83. The number of aromatic hydroxyl groups is 1. The van der Waals surface area contributed by atoms with Crippen LogP contribution in [0, 0.1) is 5.92 Å². The van der Waals surface area contributed by atoms with Gasteiger partial charge in [-0.15, -0.1) is 0 Å². The first-order valence-electron chi connectivity index (χ1n) is 6.83. The second-order valence-electron chi connectivity index (χ2n) is 4.80. The van der Waals surface area contributed by atoms with Crippen LogP contribution < -0.4 is 4.74 Å². The van der Waals surface area contributed by atoms with Gasteiger partial charge in [0.1, 0.15) is 11.5 Å². The highest BCUT2D eigenvalue weighted by atomic mass is 16.5. The van der Waals surface area contributed by atoms with E-state index < -0.39 is 5.92 Å². The minimum absolute atomic E-state index is 0.0913. The molecule has 1 aromatic carbocycles. The molecule has 0 heterocycles. The van der Waals surface area contributed by atoms with E-state index in [1.807, 2.05) is 0 Å². The van der Waals surface area contributed by atoms with Crippen molar-refractivity contribution >= 4 is 11.6 Å². The third kappa shape index (κ3) is 4.45. The molecule has 1 unspecified atom stereocenters. The van der Waals surface area contributed by atoms with E-state index in [1.165, 1.54) is 32.2 Å². The zero-order valence-electron chi connectivity index (χ0n) is 13.0. The molecule has 0 aliphatic rings. The predicted molar refractivity (Wildman–Crippen MR) is 86.3 cm³/mol. The van der Waals surface area contributed by atoms with Crippen LogP contribution in [-0.4, -0.2) is 23.8 Å². The molecule has 1 aromatic rings. The molecule has 22 heavy (non-hydrogen) atoms. The van der Waals surface area contributed by atoms with Crippen molar-refractivity contribution in [2.45, 2.75) is 13.8 Å². The minimum atomic E-state index is -0.437. The molecule has 116 valence electrons. The number of phenols is 1. The number of ketones is 2. The van der Waals surface area contributed by atoms with Gasteiger partial charge in [-0.3, -0.25) is 9.59 Å². The van der Waals surface area contributed by atoms with Crippen molar-refractivity contribution in [1.29, 1.82) is 0 Å². The fraction of sp³-hybridized carbons (Fsp3) is 0.222. The maximum absolute atomic E-state index is 12.3. The van der Waals surface area contributed by atoms with Gasteiger partial charge in [-0.2, -0.15) is 0 Å². The third-order valence-corrected chi connectivity index (χ3v) is 3.19. The molecule has 0 bridgehead atoms. The van der Waals surface area contributed by atoms with Crippen LogP contribution in [0.1, 0.15) is 24.2 Å². The number of methoxy groups -OCH3 is 1. The van der Waals surface area contributed by atoms with Crippen LogP contribution in [0.4, 0.5) is 0 Å². The average molecular weight is 300 g/mol. The summed E-state index contributed by atoms with van der Waals surface area (Å²) in [6.07, 6.45) is 6.38. The normalized spacial score (nSPS) is 13.0. The molecule has 1 atom stereocenters. The summed E-state index contributed by atoms with van der Waals surface area (Å²) in [4.78, 5) is 23.5. The highest BCUT2D eigenvalue weighted by Gasteiger charge is 2.16. The Morgan fingerprint density at radius 3 is 2.55 bits per heavy atom. The molecule has 4 nitrogen and oxygen atoms in total. The first kappa shape index (κ1) is 17.4. The summed E-state index contributed by atoms with van der Waals surface area (Å²) < 4.78 is 4.98. The van der Waals surface area contributed by atoms with Crippen molar-refractivity contribution < 1.29 is 19.4 Å². The standard InChI is InChI=1S/C18H20O4/c1-5-14(13(3)19)8-6-7-12(2)18(21)16-10-9-15(22-4)11-17(16)20/h5-12,20H,1H2,2-4H3/b7-6-,14-8+. The Hall–Kier alpha value is -2.62. The molecule has 4 heteroatoms. The molecule has 0 radical (unpaired) electrons. The van der Waals surface area contributed by atoms with E-state index in [4.69, 9.17) is 4.74 Å². The summed E-state index contributed by atoms with van der Waals surface area (Å²) in [5, 5.41) is 9.87. The van der Waals surface area contributed by atoms with Crippen molar-refractivity contribution in [2.75, 3.05) is 7.11 Å². The van der Waals surface area contributed by atoms with Gasteiger partial charge in [-0.25, -0.2) is 0 Å². The Bertz CT molecular complexity index is 638. The molecule has 0 aliphatic heterocycles. The molecular weight excluding hydrogens is 280 g/mol. The van der Waals surface area contributed by atoms with Crippen molar-refractivity contribution in [2.24, 2.45) is 5.92 Å². The van der Waals surface area contributed by atoms with Crippen molar-refractivity contribution in [3.8, 4) is 11.5 Å². The zero-order chi connectivity index (χ0) is 16.7. The van der Waals surface area contributed by atoms with Crippen molar-refractivity contribution in [3.05, 3.63) is 60.2 Å². The molecule has 1 rings (SSSR count).